The number of anilines is 1. The minimum Gasteiger partial charge on any atom is -0.478 e. The summed E-state index contributed by atoms with van der Waals surface area (Å²) in [6.07, 6.45) is 2.10. The Labute approximate surface area is 193 Å². The van der Waals surface area contributed by atoms with Crippen molar-refractivity contribution in [1.82, 2.24) is 0 Å². The van der Waals surface area contributed by atoms with Crippen LogP contribution in [0.3, 0.4) is 0 Å². The first-order chi connectivity index (χ1) is 15.0. The molecule has 1 aromatic rings. The quantitative estimate of drug-likeness (QED) is 0.318. The highest BCUT2D eigenvalue weighted by Gasteiger charge is 2.37. The third kappa shape index (κ3) is 5.20. The van der Waals surface area contributed by atoms with Crippen LogP contribution in [0.1, 0.15) is 30.5 Å². The summed E-state index contributed by atoms with van der Waals surface area (Å²) in [6.45, 7) is 5.01. The number of nitrogens with one attached hydrogen (secondary N) is 1. The zero-order valence-corrected chi connectivity index (χ0v) is 19.7. The number of carboxylic acid groups (broad SMARTS) is 1. The molecule has 0 saturated heterocycles. The van der Waals surface area contributed by atoms with E-state index in [2.05, 4.69) is 10.1 Å². The standard InChI is InChI=1S/C23H22F4INO3/c1-4-14-11-17(15-7-5-9-18(12(15)2)32-23(25,26)27)13(3)19(24)20(14)29-21-16(22(30)31)8-6-10-28-21/h5-12,18,29H,4H2,1-3H3,(H,30,31). The van der Waals surface area contributed by atoms with Crippen molar-refractivity contribution < 1.29 is 32.2 Å². The van der Waals surface area contributed by atoms with E-state index in [1.807, 2.05) is 11.0 Å². The van der Waals surface area contributed by atoms with E-state index in [0.717, 1.165) is 0 Å². The SMILES string of the molecule is CCc1cc(C2=CC=CC(OC(F)(F)F)C2C)c(C)c(F)c1NC1=IC=CC=C1C(=O)O. The monoisotopic (exact) mass is 563 g/mol. The zero-order chi connectivity index (χ0) is 23.6. The van der Waals surface area contributed by atoms with E-state index < -0.39 is 50.9 Å². The lowest BCUT2D eigenvalue weighted by Crippen LogP contribution is -2.30. The van der Waals surface area contributed by atoms with Crippen LogP contribution in [0.2, 0.25) is 0 Å². The van der Waals surface area contributed by atoms with Gasteiger partial charge in [-0.2, -0.15) is 0 Å². The van der Waals surface area contributed by atoms with E-state index in [1.165, 1.54) is 18.2 Å². The molecule has 172 valence electrons. The number of aryl methyl sites for hydroxylation is 1. The molecule has 3 rings (SSSR count). The highest BCUT2D eigenvalue weighted by molar-refractivity contribution is 14.2. The molecular formula is C23H22F4INO3. The van der Waals surface area contributed by atoms with Crippen LogP contribution in [0.15, 0.2) is 46.1 Å². The Morgan fingerprint density at radius 3 is 2.62 bits per heavy atom. The second-order valence-electron chi connectivity index (χ2n) is 7.33. The lowest BCUT2D eigenvalue weighted by atomic mass is 9.83. The number of rotatable bonds is 6. The molecule has 0 spiro atoms. The van der Waals surface area contributed by atoms with Crippen LogP contribution >= 0.6 is 20.7 Å². The number of ether oxygens (including phenoxy) is 1. The molecule has 4 nitrogen and oxygen atoms in total. The van der Waals surface area contributed by atoms with Crippen molar-refractivity contribution >= 4 is 41.6 Å². The fraction of sp³-hybridized carbons (Fsp3) is 0.304. The number of halogens is 5. The van der Waals surface area contributed by atoms with Gasteiger partial charge in [-0.15, -0.1) is 13.2 Å². The Bertz CT molecular complexity index is 1080. The maximum atomic E-state index is 15.5. The highest BCUT2D eigenvalue weighted by atomic mass is 127. The number of hydrogen-bond donors (Lipinski definition) is 2. The summed E-state index contributed by atoms with van der Waals surface area (Å²) in [5.41, 5.74) is 2.24. The molecule has 0 fully saturated rings. The summed E-state index contributed by atoms with van der Waals surface area (Å²) in [6, 6.07) is 1.76. The first kappa shape index (κ1) is 24.4. The Balaban J connectivity index is 2.00. The Hall–Kier alpha value is -2.27. The molecule has 0 radical (unpaired) electrons. The van der Waals surface area contributed by atoms with E-state index in [4.69, 9.17) is 0 Å². The van der Waals surface area contributed by atoms with Crippen molar-refractivity contribution in [2.45, 2.75) is 39.7 Å². The van der Waals surface area contributed by atoms with Crippen molar-refractivity contribution in [3.05, 3.63) is 68.6 Å². The lowest BCUT2D eigenvalue weighted by molar-refractivity contribution is -0.339. The fourth-order valence-electron chi connectivity index (χ4n) is 3.64. The van der Waals surface area contributed by atoms with Gasteiger partial charge in [0.1, 0.15) is 5.82 Å². The molecule has 1 aromatic carbocycles. The van der Waals surface area contributed by atoms with Crippen LogP contribution in [0, 0.1) is 18.7 Å². The molecule has 2 aliphatic rings. The van der Waals surface area contributed by atoms with Crippen LogP contribution in [0.4, 0.5) is 23.2 Å². The molecule has 1 aliphatic heterocycles. The second kappa shape index (κ2) is 9.70. The number of allylic oxidation sites excluding steroid dienone is 4. The van der Waals surface area contributed by atoms with Crippen molar-refractivity contribution in [3.8, 4) is 0 Å². The largest absolute Gasteiger partial charge is 0.523 e. The van der Waals surface area contributed by atoms with E-state index in [0.29, 0.717) is 26.8 Å². The smallest absolute Gasteiger partial charge is 0.478 e. The van der Waals surface area contributed by atoms with Gasteiger partial charge in [0.25, 0.3) is 0 Å². The topological polar surface area (TPSA) is 58.6 Å². The maximum absolute atomic E-state index is 15.5. The maximum Gasteiger partial charge on any atom is 0.523 e. The number of carboxylic acids is 1. The van der Waals surface area contributed by atoms with Gasteiger partial charge in [-0.25, -0.2) is 9.18 Å². The molecule has 2 unspecified atom stereocenters. The normalized spacial score (nSPS) is 20.8. The van der Waals surface area contributed by atoms with Gasteiger partial charge in [-0.3, -0.25) is 4.74 Å². The average molecular weight is 563 g/mol. The lowest BCUT2D eigenvalue weighted by Gasteiger charge is -2.29. The van der Waals surface area contributed by atoms with Gasteiger partial charge in [-0.05, 0) is 51.8 Å². The number of alkyl halides is 3. The highest BCUT2D eigenvalue weighted by Crippen LogP contribution is 2.39. The van der Waals surface area contributed by atoms with Crippen molar-refractivity contribution in [2.24, 2.45) is 5.92 Å². The average Bonchev–Trinajstić information content (AvgIpc) is 2.73. The van der Waals surface area contributed by atoms with Crippen LogP contribution in [0.25, 0.3) is 5.57 Å². The minimum absolute atomic E-state index is 0.101. The zero-order valence-electron chi connectivity index (χ0n) is 17.6. The first-order valence-electron chi connectivity index (χ1n) is 9.86. The molecule has 0 aromatic heterocycles. The summed E-state index contributed by atoms with van der Waals surface area (Å²) in [5.74, 6) is -2.29. The van der Waals surface area contributed by atoms with E-state index >= 15 is 4.39 Å². The summed E-state index contributed by atoms with van der Waals surface area (Å²) in [7, 11) is 0. The van der Waals surface area contributed by atoms with Gasteiger partial charge in [0.15, 0.2) is 0 Å². The Morgan fingerprint density at radius 1 is 1.28 bits per heavy atom. The van der Waals surface area contributed by atoms with Gasteiger partial charge in [0.05, 0.1) is 21.0 Å². The van der Waals surface area contributed by atoms with Crippen molar-refractivity contribution in [2.75, 3.05) is 5.32 Å². The van der Waals surface area contributed by atoms with Gasteiger partial charge in [-0.1, -0.05) is 58.9 Å². The Kier molecular flexibility index (Phi) is 7.39. The summed E-state index contributed by atoms with van der Waals surface area (Å²) in [4.78, 5) is 11.5. The van der Waals surface area contributed by atoms with E-state index in [1.54, 1.807) is 32.1 Å². The van der Waals surface area contributed by atoms with Gasteiger partial charge < -0.3 is 10.4 Å². The molecule has 1 aliphatic carbocycles. The van der Waals surface area contributed by atoms with E-state index in [9.17, 15) is 23.1 Å². The fourth-order valence-corrected chi connectivity index (χ4v) is 5.59. The predicted octanol–water partition coefficient (Wildman–Crippen LogP) is 6.24. The van der Waals surface area contributed by atoms with Crippen LogP contribution < -0.4 is 5.32 Å². The van der Waals surface area contributed by atoms with Gasteiger partial charge in [0.2, 0.25) is 0 Å². The molecule has 0 saturated carbocycles. The van der Waals surface area contributed by atoms with Crippen molar-refractivity contribution in [3.63, 3.8) is 0 Å². The van der Waals surface area contributed by atoms with Gasteiger partial charge >= 0.3 is 12.3 Å². The van der Waals surface area contributed by atoms with Crippen LogP contribution in [0.5, 0.6) is 0 Å². The number of aliphatic carboxylic acids is 1. The number of carbonyl (C=O) groups is 1. The molecule has 2 N–H and O–H groups in total. The summed E-state index contributed by atoms with van der Waals surface area (Å²) >= 11 is -0.774. The van der Waals surface area contributed by atoms with E-state index in [-0.39, 0.29) is 16.8 Å². The third-order valence-electron chi connectivity index (χ3n) is 5.32. The Morgan fingerprint density at radius 2 is 2.00 bits per heavy atom. The molecule has 9 heteroatoms. The van der Waals surface area contributed by atoms with Gasteiger partial charge in [0, 0.05) is 5.92 Å². The first-order valence-corrected chi connectivity index (χ1v) is 12.2. The molecule has 0 bridgehead atoms. The van der Waals surface area contributed by atoms with Crippen molar-refractivity contribution in [1.29, 1.82) is 0 Å². The van der Waals surface area contributed by atoms with Crippen LogP contribution in [-0.4, -0.2) is 27.2 Å². The third-order valence-corrected chi connectivity index (χ3v) is 7.57. The summed E-state index contributed by atoms with van der Waals surface area (Å²) in [5, 5.41) is 12.4. The number of hydrogen-bond acceptors (Lipinski definition) is 3. The summed E-state index contributed by atoms with van der Waals surface area (Å²) < 4.78 is 60.4. The predicted molar refractivity (Wildman–Crippen MR) is 125 cm³/mol. The van der Waals surface area contributed by atoms with Crippen LogP contribution in [-0.2, 0) is 16.0 Å². The molecular weight excluding hydrogens is 541 g/mol. The minimum atomic E-state index is -4.78. The number of benzene rings is 1. The molecule has 32 heavy (non-hydrogen) atoms. The second-order valence-corrected chi connectivity index (χ2v) is 9.75. The molecule has 1 heterocycles. The molecule has 0 amide bonds. The molecule has 2 atom stereocenters.